The number of aliphatic hydroxyl groups is 1. The van der Waals surface area contributed by atoms with Gasteiger partial charge >= 0.3 is 6.03 Å². The van der Waals surface area contributed by atoms with E-state index in [9.17, 15) is 18.7 Å². The Morgan fingerprint density at radius 1 is 1.26 bits per heavy atom. The third-order valence-electron chi connectivity index (χ3n) is 3.45. The van der Waals surface area contributed by atoms with Gasteiger partial charge in [0.25, 0.3) is 0 Å². The maximum absolute atomic E-state index is 13.6. The maximum Gasteiger partial charge on any atom is 0.314 e. The van der Waals surface area contributed by atoms with Gasteiger partial charge in [-0.15, -0.1) is 0 Å². The van der Waals surface area contributed by atoms with Crippen molar-refractivity contribution < 1.29 is 18.7 Å². The molecule has 1 aromatic carbocycles. The molecule has 0 aliphatic carbocycles. The predicted octanol–water partition coefficient (Wildman–Crippen LogP) is 3.16. The van der Waals surface area contributed by atoms with Gasteiger partial charge in [-0.3, -0.25) is 0 Å². The molecule has 1 heterocycles. The molecule has 0 bridgehead atoms. The summed E-state index contributed by atoms with van der Waals surface area (Å²) in [5.41, 5.74) is 1.09. The van der Waals surface area contributed by atoms with Gasteiger partial charge in [0.1, 0.15) is 11.6 Å². The summed E-state index contributed by atoms with van der Waals surface area (Å²) in [6.45, 7) is 2.02. The number of carbonyl (C=O) groups excluding carboxylic acids is 1. The Hall–Kier alpha value is -1.99. The van der Waals surface area contributed by atoms with Crippen LogP contribution in [0.4, 0.5) is 13.6 Å². The lowest BCUT2D eigenvalue weighted by atomic mass is 10.0. The molecule has 2 rings (SSSR count). The van der Waals surface area contributed by atoms with Gasteiger partial charge in [0.2, 0.25) is 0 Å². The number of carbonyl (C=O) groups is 1. The molecule has 0 spiro atoms. The van der Waals surface area contributed by atoms with Crippen LogP contribution in [0.25, 0.3) is 0 Å². The van der Waals surface area contributed by atoms with Gasteiger partial charge in [0, 0.05) is 25.1 Å². The van der Waals surface area contributed by atoms with E-state index in [-0.39, 0.29) is 19.0 Å². The summed E-state index contributed by atoms with van der Waals surface area (Å²) in [7, 11) is 0. The van der Waals surface area contributed by atoms with Crippen LogP contribution >= 0.6 is 11.3 Å². The third kappa shape index (κ3) is 5.01. The van der Waals surface area contributed by atoms with Gasteiger partial charge in [0.05, 0.1) is 6.10 Å². The summed E-state index contributed by atoms with van der Waals surface area (Å²) in [5.74, 6) is -1.57. The first-order valence-corrected chi connectivity index (χ1v) is 8.08. The van der Waals surface area contributed by atoms with Crippen molar-refractivity contribution in [3.05, 3.63) is 57.8 Å². The highest BCUT2D eigenvalue weighted by atomic mass is 32.1. The lowest BCUT2D eigenvalue weighted by Gasteiger charge is -2.15. The van der Waals surface area contributed by atoms with Gasteiger partial charge in [0.15, 0.2) is 0 Å². The molecule has 0 radical (unpaired) electrons. The average Bonchev–Trinajstić information content (AvgIpc) is 3.04. The van der Waals surface area contributed by atoms with Crippen molar-refractivity contribution in [1.82, 2.24) is 10.6 Å². The highest BCUT2D eigenvalue weighted by molar-refractivity contribution is 7.07. The van der Waals surface area contributed by atoms with Crippen LogP contribution in [0.15, 0.2) is 35.0 Å². The van der Waals surface area contributed by atoms with Gasteiger partial charge in [-0.25, -0.2) is 13.6 Å². The molecule has 0 aliphatic rings. The Balaban J connectivity index is 1.77. The van der Waals surface area contributed by atoms with Crippen LogP contribution in [0.3, 0.4) is 0 Å². The number of amides is 2. The minimum atomic E-state index is -0.765. The number of thiophene rings is 1. The van der Waals surface area contributed by atoms with Gasteiger partial charge in [-0.2, -0.15) is 11.3 Å². The fraction of sp³-hybridized carbons (Fsp3) is 0.312. The normalized spacial score (nSPS) is 13.4. The zero-order chi connectivity index (χ0) is 16.8. The molecular weight excluding hydrogens is 322 g/mol. The molecule has 23 heavy (non-hydrogen) atoms. The van der Waals surface area contributed by atoms with Crippen molar-refractivity contribution in [2.75, 3.05) is 13.1 Å². The molecule has 0 fully saturated rings. The highest BCUT2D eigenvalue weighted by Crippen LogP contribution is 2.19. The molecule has 2 atom stereocenters. The maximum atomic E-state index is 13.6. The molecule has 7 heteroatoms. The van der Waals surface area contributed by atoms with Crippen molar-refractivity contribution in [2.24, 2.45) is 0 Å². The molecule has 0 saturated carbocycles. The summed E-state index contributed by atoms with van der Waals surface area (Å²) in [5, 5.41) is 18.7. The van der Waals surface area contributed by atoms with Crippen LogP contribution in [-0.4, -0.2) is 24.2 Å². The molecular formula is C16H18F2N2O2S. The van der Waals surface area contributed by atoms with Crippen molar-refractivity contribution in [3.8, 4) is 0 Å². The fourth-order valence-corrected chi connectivity index (χ4v) is 2.80. The Labute approximate surface area is 137 Å². The second-order valence-corrected chi connectivity index (χ2v) is 6.01. The minimum Gasteiger partial charge on any atom is -0.387 e. The Kier molecular flexibility index (Phi) is 6.06. The number of aliphatic hydroxyl groups excluding tert-OH is 1. The van der Waals surface area contributed by atoms with Crippen LogP contribution in [0.2, 0.25) is 0 Å². The Bertz CT molecular complexity index is 650. The van der Waals surface area contributed by atoms with E-state index in [0.29, 0.717) is 5.56 Å². The van der Waals surface area contributed by atoms with Crippen LogP contribution in [0, 0.1) is 11.6 Å². The fourth-order valence-electron chi connectivity index (χ4n) is 2.09. The van der Waals surface area contributed by atoms with E-state index < -0.39 is 23.8 Å². The lowest BCUT2D eigenvalue weighted by molar-refractivity contribution is 0.173. The number of urea groups is 1. The van der Waals surface area contributed by atoms with Crippen LogP contribution < -0.4 is 10.6 Å². The van der Waals surface area contributed by atoms with E-state index in [0.717, 1.165) is 11.6 Å². The number of hydrogen-bond donors (Lipinski definition) is 3. The minimum absolute atomic E-state index is 0.0852. The summed E-state index contributed by atoms with van der Waals surface area (Å²) >= 11 is 1.47. The second kappa shape index (κ2) is 8.03. The number of hydrogen-bond acceptors (Lipinski definition) is 3. The van der Waals surface area contributed by atoms with E-state index >= 15 is 0 Å². The SMILES string of the molecule is C[C@H](CNC(=O)NC[C@H](O)c1ccsc1)c1ccc(F)cc1F. The van der Waals surface area contributed by atoms with Crippen molar-refractivity contribution in [1.29, 1.82) is 0 Å². The Morgan fingerprint density at radius 2 is 2.00 bits per heavy atom. The standard InChI is InChI=1S/C16H18F2N2O2S/c1-10(13-3-2-12(17)6-14(13)18)7-19-16(22)20-8-15(21)11-4-5-23-9-11/h2-6,9-10,15,21H,7-8H2,1H3,(H2,19,20,22)/t10-,15+/m1/s1. The number of halogens is 2. The molecule has 1 aromatic heterocycles. The van der Waals surface area contributed by atoms with E-state index in [1.165, 1.54) is 23.5 Å². The number of benzene rings is 1. The second-order valence-electron chi connectivity index (χ2n) is 5.23. The van der Waals surface area contributed by atoms with Gasteiger partial charge < -0.3 is 15.7 Å². The molecule has 0 aliphatic heterocycles. The van der Waals surface area contributed by atoms with E-state index in [2.05, 4.69) is 10.6 Å². The quantitative estimate of drug-likeness (QED) is 0.756. The zero-order valence-corrected chi connectivity index (χ0v) is 13.4. The average molecular weight is 340 g/mol. The smallest absolute Gasteiger partial charge is 0.314 e. The first-order valence-electron chi connectivity index (χ1n) is 7.14. The molecule has 0 saturated heterocycles. The van der Waals surface area contributed by atoms with E-state index in [1.54, 1.807) is 13.0 Å². The van der Waals surface area contributed by atoms with E-state index in [4.69, 9.17) is 0 Å². The third-order valence-corrected chi connectivity index (χ3v) is 4.15. The van der Waals surface area contributed by atoms with Gasteiger partial charge in [-0.05, 0) is 34.0 Å². The number of rotatable bonds is 6. The summed E-state index contributed by atoms with van der Waals surface area (Å²) in [4.78, 5) is 11.7. The largest absolute Gasteiger partial charge is 0.387 e. The molecule has 4 nitrogen and oxygen atoms in total. The predicted molar refractivity (Wildman–Crippen MR) is 85.5 cm³/mol. The molecule has 124 valence electrons. The van der Waals surface area contributed by atoms with Crippen LogP contribution in [0.5, 0.6) is 0 Å². The first-order chi connectivity index (χ1) is 11.0. The zero-order valence-electron chi connectivity index (χ0n) is 12.6. The summed E-state index contributed by atoms with van der Waals surface area (Å²) in [6, 6.07) is 4.72. The van der Waals surface area contributed by atoms with Crippen molar-refractivity contribution >= 4 is 17.4 Å². The highest BCUT2D eigenvalue weighted by Gasteiger charge is 2.14. The Morgan fingerprint density at radius 3 is 2.65 bits per heavy atom. The van der Waals surface area contributed by atoms with E-state index in [1.807, 2.05) is 10.8 Å². The molecule has 3 N–H and O–H groups in total. The van der Waals surface area contributed by atoms with Crippen LogP contribution in [-0.2, 0) is 0 Å². The molecule has 2 amide bonds. The summed E-state index contributed by atoms with van der Waals surface area (Å²) in [6.07, 6.45) is -0.765. The monoisotopic (exact) mass is 340 g/mol. The van der Waals surface area contributed by atoms with Gasteiger partial charge in [-0.1, -0.05) is 13.0 Å². The van der Waals surface area contributed by atoms with Crippen molar-refractivity contribution in [3.63, 3.8) is 0 Å². The number of nitrogens with one attached hydrogen (secondary N) is 2. The topological polar surface area (TPSA) is 61.4 Å². The molecule has 0 unspecified atom stereocenters. The molecule has 2 aromatic rings. The first kappa shape index (κ1) is 17.4. The van der Waals surface area contributed by atoms with Crippen molar-refractivity contribution in [2.45, 2.75) is 18.9 Å². The summed E-state index contributed by atoms with van der Waals surface area (Å²) < 4.78 is 26.5. The van der Waals surface area contributed by atoms with Crippen LogP contribution in [0.1, 0.15) is 30.1 Å². The lowest BCUT2D eigenvalue weighted by Crippen LogP contribution is -2.39.